The van der Waals surface area contributed by atoms with Crippen molar-refractivity contribution >= 4 is 0 Å². The molecule has 1 rings (SSSR count). The summed E-state index contributed by atoms with van der Waals surface area (Å²) in [4.78, 5) is 5.27. The summed E-state index contributed by atoms with van der Waals surface area (Å²) in [5.41, 5.74) is 4.14. The lowest BCUT2D eigenvalue weighted by atomic mass is 10.2. The highest BCUT2D eigenvalue weighted by Crippen LogP contribution is 1.98. The van der Waals surface area contributed by atoms with Crippen LogP contribution in [-0.2, 0) is 11.4 Å². The molecule has 0 radical (unpaired) electrons. The van der Waals surface area contributed by atoms with Crippen molar-refractivity contribution in [1.82, 2.24) is 5.48 Å². The van der Waals surface area contributed by atoms with Gasteiger partial charge in [0, 0.05) is 6.54 Å². The molecule has 0 aromatic heterocycles. The first kappa shape index (κ1) is 10.2. The third-order valence-corrected chi connectivity index (χ3v) is 1.82. The van der Waals surface area contributed by atoms with E-state index in [4.69, 9.17) is 4.84 Å². The fourth-order valence-corrected chi connectivity index (χ4v) is 1.03. The monoisotopic (exact) mass is 179 g/mol. The van der Waals surface area contributed by atoms with E-state index in [0.29, 0.717) is 6.61 Å². The van der Waals surface area contributed by atoms with Crippen LogP contribution in [0.2, 0.25) is 0 Å². The molecule has 1 aromatic carbocycles. The van der Waals surface area contributed by atoms with Gasteiger partial charge in [0.2, 0.25) is 0 Å². The molecule has 0 heterocycles. The molecule has 0 unspecified atom stereocenters. The van der Waals surface area contributed by atoms with Crippen LogP contribution in [-0.4, -0.2) is 6.54 Å². The van der Waals surface area contributed by atoms with Crippen molar-refractivity contribution in [1.29, 1.82) is 0 Å². The molecule has 0 amide bonds. The van der Waals surface area contributed by atoms with E-state index in [1.54, 1.807) is 0 Å². The molecule has 0 aliphatic carbocycles. The molecule has 0 aliphatic rings. The molecule has 0 bridgehead atoms. The van der Waals surface area contributed by atoms with Crippen LogP contribution in [0.1, 0.15) is 25.3 Å². The molecule has 0 fully saturated rings. The van der Waals surface area contributed by atoms with Gasteiger partial charge in [-0.15, -0.1) is 0 Å². The van der Waals surface area contributed by atoms with E-state index in [9.17, 15) is 0 Å². The molecule has 72 valence electrons. The summed E-state index contributed by atoms with van der Waals surface area (Å²) in [6, 6.07) is 10.2. The Kier molecular flexibility index (Phi) is 5.22. The lowest BCUT2D eigenvalue weighted by Gasteiger charge is -2.04. The Morgan fingerprint density at radius 1 is 1.23 bits per heavy atom. The standard InChI is InChI=1S/C11H17NO/c1-2-3-9-12-13-10-11-7-5-4-6-8-11/h4-8,12H,2-3,9-10H2,1H3. The smallest absolute Gasteiger partial charge is 0.0933 e. The van der Waals surface area contributed by atoms with Crippen LogP contribution in [0.25, 0.3) is 0 Å². The van der Waals surface area contributed by atoms with Gasteiger partial charge < -0.3 is 0 Å². The number of unbranched alkanes of at least 4 members (excludes halogenated alkanes) is 1. The quantitative estimate of drug-likeness (QED) is 0.535. The zero-order chi connectivity index (χ0) is 9.36. The third kappa shape index (κ3) is 4.65. The van der Waals surface area contributed by atoms with Gasteiger partial charge in [0.05, 0.1) is 6.61 Å². The zero-order valence-electron chi connectivity index (χ0n) is 8.12. The minimum absolute atomic E-state index is 0.643. The third-order valence-electron chi connectivity index (χ3n) is 1.82. The SMILES string of the molecule is CCCCNOCc1ccccc1. The Morgan fingerprint density at radius 2 is 2.00 bits per heavy atom. The fraction of sp³-hybridized carbons (Fsp3) is 0.455. The predicted molar refractivity (Wildman–Crippen MR) is 54.1 cm³/mol. The Hall–Kier alpha value is -0.860. The van der Waals surface area contributed by atoms with Crippen LogP contribution in [0.4, 0.5) is 0 Å². The first-order chi connectivity index (χ1) is 6.43. The van der Waals surface area contributed by atoms with Crippen molar-refractivity contribution in [2.75, 3.05) is 6.54 Å². The van der Waals surface area contributed by atoms with Crippen LogP contribution in [0.5, 0.6) is 0 Å². The van der Waals surface area contributed by atoms with Crippen LogP contribution >= 0.6 is 0 Å². The number of hydroxylamine groups is 1. The van der Waals surface area contributed by atoms with Gasteiger partial charge in [-0.1, -0.05) is 43.7 Å². The summed E-state index contributed by atoms with van der Waals surface area (Å²) in [7, 11) is 0. The summed E-state index contributed by atoms with van der Waals surface area (Å²) in [6.07, 6.45) is 2.36. The normalized spacial score (nSPS) is 10.2. The first-order valence-corrected chi connectivity index (χ1v) is 4.82. The van der Waals surface area contributed by atoms with E-state index < -0.39 is 0 Å². The molecular formula is C11H17NO. The zero-order valence-corrected chi connectivity index (χ0v) is 8.12. The van der Waals surface area contributed by atoms with Gasteiger partial charge in [0.25, 0.3) is 0 Å². The van der Waals surface area contributed by atoms with E-state index in [1.807, 2.05) is 18.2 Å². The maximum absolute atomic E-state index is 5.27. The van der Waals surface area contributed by atoms with Gasteiger partial charge in [-0.25, -0.2) is 5.48 Å². The summed E-state index contributed by atoms with van der Waals surface area (Å²) in [5.74, 6) is 0. The lowest BCUT2D eigenvalue weighted by Crippen LogP contribution is -2.15. The van der Waals surface area contributed by atoms with Gasteiger partial charge >= 0.3 is 0 Å². The second kappa shape index (κ2) is 6.63. The molecule has 0 atom stereocenters. The molecule has 0 saturated heterocycles. The topological polar surface area (TPSA) is 21.3 Å². The van der Waals surface area contributed by atoms with E-state index >= 15 is 0 Å². The van der Waals surface area contributed by atoms with Gasteiger partial charge in [-0.05, 0) is 12.0 Å². The van der Waals surface area contributed by atoms with Crippen molar-refractivity contribution in [2.24, 2.45) is 0 Å². The summed E-state index contributed by atoms with van der Waals surface area (Å²) in [6.45, 7) is 3.74. The molecule has 1 N–H and O–H groups in total. The van der Waals surface area contributed by atoms with Gasteiger partial charge in [0.15, 0.2) is 0 Å². The summed E-state index contributed by atoms with van der Waals surface area (Å²) < 4.78 is 0. The van der Waals surface area contributed by atoms with Crippen molar-refractivity contribution in [3.63, 3.8) is 0 Å². The number of rotatable bonds is 6. The number of hydrogen-bond donors (Lipinski definition) is 1. The minimum Gasteiger partial charge on any atom is -0.297 e. The maximum atomic E-state index is 5.27. The highest BCUT2D eigenvalue weighted by molar-refractivity contribution is 5.13. The van der Waals surface area contributed by atoms with E-state index in [-0.39, 0.29) is 0 Å². The second-order valence-electron chi connectivity index (χ2n) is 3.02. The van der Waals surface area contributed by atoms with Crippen molar-refractivity contribution in [3.8, 4) is 0 Å². The van der Waals surface area contributed by atoms with Crippen LogP contribution in [0.15, 0.2) is 30.3 Å². The molecular weight excluding hydrogens is 162 g/mol. The van der Waals surface area contributed by atoms with Crippen LogP contribution < -0.4 is 5.48 Å². The average molecular weight is 179 g/mol. The van der Waals surface area contributed by atoms with Crippen molar-refractivity contribution < 1.29 is 4.84 Å². The Labute approximate surface area is 79.9 Å². The number of nitrogens with one attached hydrogen (secondary N) is 1. The fourth-order valence-electron chi connectivity index (χ4n) is 1.03. The minimum atomic E-state index is 0.643. The highest BCUT2D eigenvalue weighted by atomic mass is 16.6. The number of benzene rings is 1. The van der Waals surface area contributed by atoms with Crippen LogP contribution in [0, 0.1) is 0 Å². The summed E-state index contributed by atoms with van der Waals surface area (Å²) >= 11 is 0. The van der Waals surface area contributed by atoms with Crippen LogP contribution in [0.3, 0.4) is 0 Å². The first-order valence-electron chi connectivity index (χ1n) is 4.82. The van der Waals surface area contributed by atoms with Gasteiger partial charge in [-0.2, -0.15) is 0 Å². The van der Waals surface area contributed by atoms with E-state index in [2.05, 4.69) is 24.5 Å². The van der Waals surface area contributed by atoms with Crippen molar-refractivity contribution in [3.05, 3.63) is 35.9 Å². The maximum Gasteiger partial charge on any atom is 0.0933 e. The molecule has 2 nitrogen and oxygen atoms in total. The Morgan fingerprint density at radius 3 is 2.69 bits per heavy atom. The second-order valence-corrected chi connectivity index (χ2v) is 3.02. The Balaban J connectivity index is 2.07. The molecule has 2 heteroatoms. The van der Waals surface area contributed by atoms with Gasteiger partial charge in [0.1, 0.15) is 0 Å². The van der Waals surface area contributed by atoms with Crippen molar-refractivity contribution in [2.45, 2.75) is 26.4 Å². The lowest BCUT2D eigenvalue weighted by molar-refractivity contribution is 0.0275. The molecule has 1 aromatic rings. The predicted octanol–water partition coefficient (Wildman–Crippen LogP) is 2.51. The Bertz CT molecular complexity index is 211. The van der Waals surface area contributed by atoms with E-state index in [0.717, 1.165) is 13.0 Å². The largest absolute Gasteiger partial charge is 0.297 e. The average Bonchev–Trinajstić information content (AvgIpc) is 2.19. The molecule has 13 heavy (non-hydrogen) atoms. The molecule has 0 aliphatic heterocycles. The van der Waals surface area contributed by atoms with Gasteiger partial charge in [-0.3, -0.25) is 4.84 Å². The molecule has 0 spiro atoms. The summed E-state index contributed by atoms with van der Waals surface area (Å²) in [5, 5.41) is 0. The van der Waals surface area contributed by atoms with E-state index in [1.165, 1.54) is 12.0 Å². The highest BCUT2D eigenvalue weighted by Gasteiger charge is 1.90. The number of hydrogen-bond acceptors (Lipinski definition) is 2. The molecule has 0 saturated carbocycles.